The molecule has 0 spiro atoms. The van der Waals surface area contributed by atoms with Gasteiger partial charge in [-0.2, -0.15) is 0 Å². The molecule has 1 aliphatic heterocycles. The summed E-state index contributed by atoms with van der Waals surface area (Å²) in [6.07, 6.45) is 0. The first-order valence-corrected chi connectivity index (χ1v) is 6.06. The molecule has 0 bridgehead atoms. The van der Waals surface area contributed by atoms with Crippen LogP contribution in [0, 0.1) is 13.8 Å². The summed E-state index contributed by atoms with van der Waals surface area (Å²) in [6.45, 7) is 6.79. The van der Waals surface area contributed by atoms with Crippen molar-refractivity contribution >= 4 is 15.9 Å². The molecular weight excluding hydrogens is 254 g/mol. The van der Waals surface area contributed by atoms with Crippen molar-refractivity contribution in [2.45, 2.75) is 19.9 Å². The fourth-order valence-electron chi connectivity index (χ4n) is 1.98. The van der Waals surface area contributed by atoms with Crippen LogP contribution >= 0.6 is 15.9 Å². The number of ether oxygens (including phenoxy) is 1. The Labute approximate surface area is 99.1 Å². The molecule has 82 valence electrons. The average molecular weight is 270 g/mol. The van der Waals surface area contributed by atoms with Crippen molar-refractivity contribution in [2.75, 3.05) is 19.8 Å². The predicted octanol–water partition coefficient (Wildman–Crippen LogP) is 2.73. The van der Waals surface area contributed by atoms with Crippen LogP contribution in [-0.2, 0) is 4.74 Å². The van der Waals surface area contributed by atoms with Gasteiger partial charge in [0.25, 0.3) is 0 Å². The van der Waals surface area contributed by atoms with Crippen molar-refractivity contribution in [1.29, 1.82) is 0 Å². The number of morpholine rings is 1. The van der Waals surface area contributed by atoms with Gasteiger partial charge < -0.3 is 10.1 Å². The Kier molecular flexibility index (Phi) is 3.44. The Hall–Kier alpha value is -0.380. The van der Waals surface area contributed by atoms with Gasteiger partial charge in [0.05, 0.1) is 19.3 Å². The molecule has 0 amide bonds. The summed E-state index contributed by atoms with van der Waals surface area (Å²) in [5, 5.41) is 3.49. The van der Waals surface area contributed by atoms with Gasteiger partial charge in [0.15, 0.2) is 0 Å². The lowest BCUT2D eigenvalue weighted by Crippen LogP contribution is -2.35. The summed E-state index contributed by atoms with van der Waals surface area (Å²) >= 11 is 3.67. The fourth-order valence-corrected chi connectivity index (χ4v) is 2.70. The summed E-state index contributed by atoms with van der Waals surface area (Å²) in [6, 6.07) is 4.64. The van der Waals surface area contributed by atoms with Crippen LogP contribution in [0.3, 0.4) is 0 Å². The van der Waals surface area contributed by atoms with Gasteiger partial charge in [0.2, 0.25) is 0 Å². The lowest BCUT2D eigenvalue weighted by molar-refractivity contribution is 0.0764. The van der Waals surface area contributed by atoms with E-state index in [1.165, 1.54) is 21.2 Å². The van der Waals surface area contributed by atoms with Gasteiger partial charge in [0, 0.05) is 11.0 Å². The van der Waals surface area contributed by atoms with E-state index >= 15 is 0 Å². The summed E-state index contributed by atoms with van der Waals surface area (Å²) < 4.78 is 6.72. The molecule has 1 aromatic carbocycles. The molecule has 15 heavy (non-hydrogen) atoms. The van der Waals surface area contributed by atoms with Crippen LogP contribution in [0.2, 0.25) is 0 Å². The Bertz CT molecular complexity index is 359. The molecule has 0 radical (unpaired) electrons. The lowest BCUT2D eigenvalue weighted by Gasteiger charge is -2.27. The van der Waals surface area contributed by atoms with Gasteiger partial charge in [-0.1, -0.05) is 28.1 Å². The van der Waals surface area contributed by atoms with Crippen LogP contribution in [0.15, 0.2) is 16.6 Å². The SMILES string of the molecule is Cc1ccc(C)c(C2COCCN2)c1Br. The second-order valence-electron chi connectivity index (χ2n) is 4.01. The Morgan fingerprint density at radius 1 is 1.33 bits per heavy atom. The van der Waals surface area contributed by atoms with Crippen molar-refractivity contribution in [3.05, 3.63) is 33.3 Å². The second kappa shape index (κ2) is 4.64. The van der Waals surface area contributed by atoms with Crippen LogP contribution in [0.5, 0.6) is 0 Å². The highest BCUT2D eigenvalue weighted by Crippen LogP contribution is 2.30. The standard InChI is InChI=1S/C12H16BrNO/c1-8-3-4-9(2)12(13)11(8)10-7-15-6-5-14-10/h3-4,10,14H,5-7H2,1-2H3. The zero-order chi connectivity index (χ0) is 10.8. The van der Waals surface area contributed by atoms with Crippen molar-refractivity contribution in [3.8, 4) is 0 Å². The summed E-state index contributed by atoms with van der Waals surface area (Å²) in [5.41, 5.74) is 3.94. The molecule has 1 fully saturated rings. The third kappa shape index (κ3) is 2.25. The van der Waals surface area contributed by atoms with Crippen molar-refractivity contribution < 1.29 is 4.74 Å². The molecule has 1 heterocycles. The molecule has 1 N–H and O–H groups in total. The minimum atomic E-state index is 0.327. The molecule has 3 heteroatoms. The molecule has 1 aromatic rings. The molecule has 0 aliphatic carbocycles. The van der Waals surface area contributed by atoms with Crippen LogP contribution in [0.1, 0.15) is 22.7 Å². The van der Waals surface area contributed by atoms with Gasteiger partial charge in [-0.3, -0.25) is 0 Å². The second-order valence-corrected chi connectivity index (χ2v) is 4.80. The number of rotatable bonds is 1. The first kappa shape index (κ1) is 11.1. The maximum atomic E-state index is 5.50. The van der Waals surface area contributed by atoms with E-state index in [0.717, 1.165) is 19.8 Å². The zero-order valence-electron chi connectivity index (χ0n) is 9.14. The normalized spacial score (nSPS) is 21.7. The number of nitrogens with one attached hydrogen (secondary N) is 1. The number of halogens is 1. The lowest BCUT2D eigenvalue weighted by atomic mass is 9.99. The largest absolute Gasteiger partial charge is 0.378 e. The van der Waals surface area contributed by atoms with E-state index < -0.39 is 0 Å². The van der Waals surface area contributed by atoms with Crippen LogP contribution in [0.25, 0.3) is 0 Å². The third-order valence-electron chi connectivity index (χ3n) is 2.86. The van der Waals surface area contributed by atoms with Gasteiger partial charge in [-0.15, -0.1) is 0 Å². The molecule has 2 rings (SSSR count). The Morgan fingerprint density at radius 3 is 2.73 bits per heavy atom. The van der Waals surface area contributed by atoms with Crippen molar-refractivity contribution in [2.24, 2.45) is 0 Å². The summed E-state index contributed by atoms with van der Waals surface area (Å²) in [4.78, 5) is 0. The predicted molar refractivity (Wildman–Crippen MR) is 65.2 cm³/mol. The highest BCUT2D eigenvalue weighted by Gasteiger charge is 2.20. The quantitative estimate of drug-likeness (QED) is 0.847. The van der Waals surface area contributed by atoms with Crippen LogP contribution in [-0.4, -0.2) is 19.8 Å². The number of aryl methyl sites for hydroxylation is 2. The van der Waals surface area contributed by atoms with Crippen molar-refractivity contribution in [3.63, 3.8) is 0 Å². The van der Waals surface area contributed by atoms with E-state index in [1.807, 2.05) is 0 Å². The smallest absolute Gasteiger partial charge is 0.0662 e. The molecule has 1 aliphatic rings. The van der Waals surface area contributed by atoms with E-state index in [2.05, 4.69) is 47.2 Å². The summed E-state index contributed by atoms with van der Waals surface area (Å²) in [5.74, 6) is 0. The topological polar surface area (TPSA) is 21.3 Å². The van der Waals surface area contributed by atoms with Gasteiger partial charge >= 0.3 is 0 Å². The number of hydrogen-bond donors (Lipinski definition) is 1. The van der Waals surface area contributed by atoms with E-state index in [-0.39, 0.29) is 0 Å². The zero-order valence-corrected chi connectivity index (χ0v) is 10.7. The minimum Gasteiger partial charge on any atom is -0.378 e. The molecule has 0 aromatic heterocycles. The minimum absolute atomic E-state index is 0.327. The monoisotopic (exact) mass is 269 g/mol. The van der Waals surface area contributed by atoms with E-state index in [0.29, 0.717) is 6.04 Å². The third-order valence-corrected chi connectivity index (χ3v) is 3.91. The maximum Gasteiger partial charge on any atom is 0.0662 e. The average Bonchev–Trinajstić information content (AvgIpc) is 2.26. The molecule has 2 nitrogen and oxygen atoms in total. The van der Waals surface area contributed by atoms with E-state index in [9.17, 15) is 0 Å². The Morgan fingerprint density at radius 2 is 2.07 bits per heavy atom. The summed E-state index contributed by atoms with van der Waals surface area (Å²) in [7, 11) is 0. The number of benzene rings is 1. The maximum absolute atomic E-state index is 5.50. The number of hydrogen-bond acceptors (Lipinski definition) is 2. The molecule has 1 saturated heterocycles. The highest BCUT2D eigenvalue weighted by atomic mass is 79.9. The van der Waals surface area contributed by atoms with E-state index in [1.54, 1.807) is 0 Å². The Balaban J connectivity index is 2.36. The van der Waals surface area contributed by atoms with Gasteiger partial charge in [-0.25, -0.2) is 0 Å². The molecule has 0 saturated carbocycles. The fraction of sp³-hybridized carbons (Fsp3) is 0.500. The van der Waals surface area contributed by atoms with Crippen molar-refractivity contribution in [1.82, 2.24) is 5.32 Å². The van der Waals surface area contributed by atoms with E-state index in [4.69, 9.17) is 4.74 Å². The highest BCUT2D eigenvalue weighted by molar-refractivity contribution is 9.10. The van der Waals surface area contributed by atoms with Crippen LogP contribution in [0.4, 0.5) is 0 Å². The van der Waals surface area contributed by atoms with Crippen LogP contribution < -0.4 is 5.32 Å². The van der Waals surface area contributed by atoms with Gasteiger partial charge in [0.1, 0.15) is 0 Å². The molecule has 1 atom stereocenters. The first-order valence-electron chi connectivity index (χ1n) is 5.27. The van der Waals surface area contributed by atoms with Gasteiger partial charge in [-0.05, 0) is 30.5 Å². The first-order chi connectivity index (χ1) is 7.20. The molecule has 1 unspecified atom stereocenters. The molecular formula is C12H16BrNO.